The second kappa shape index (κ2) is 19.6. The molecule has 5 rings (SSSR count). The fourth-order valence-corrected chi connectivity index (χ4v) is 6.03. The average molecular weight is 871 g/mol. The zero-order chi connectivity index (χ0) is 40.1. The largest absolute Gasteiger partial charge is 0.649 e. The van der Waals surface area contributed by atoms with Crippen LogP contribution in [0.1, 0.15) is 18.4 Å². The first-order valence-electron chi connectivity index (χ1n) is 16.9. The number of hydrogen-bond donors (Lipinski definition) is 10. The van der Waals surface area contributed by atoms with E-state index in [1.807, 2.05) is 0 Å². The standard InChI is InChI=1S/C32H41N6O17.Y/c33-28-26(48)24(46)22(16(10-39)53-28)38-29(30(38)50)36-32(51)52-12-13-1-2-15(54-31-27(49)25(47)23(45)17(11-40)55-31)14(9-13)35-19(42)5-7-34-18(41)6-8-37-20(43)3-4-21(37)44;/h1-4,9,16-17,22-29,31,33,39-40,45-49H,5-8,10-12H2,(H,34,41)(H,35,42)(H,36,51);/q-1;. The van der Waals surface area contributed by atoms with E-state index in [2.05, 4.69) is 16.0 Å². The summed E-state index contributed by atoms with van der Waals surface area (Å²) >= 11 is 0. The molecule has 11 atom stereocenters. The minimum absolute atomic E-state index is 0. The summed E-state index contributed by atoms with van der Waals surface area (Å²) in [7, 11) is 0. The minimum Gasteiger partial charge on any atom is -0.649 e. The van der Waals surface area contributed by atoms with Crippen LogP contribution in [0, 0.1) is 0 Å². The van der Waals surface area contributed by atoms with Crippen molar-refractivity contribution in [2.24, 2.45) is 0 Å². The number of nitrogens with one attached hydrogen (secondary N) is 4. The van der Waals surface area contributed by atoms with Crippen molar-refractivity contribution in [1.82, 2.24) is 20.4 Å². The molecule has 4 aliphatic rings. The van der Waals surface area contributed by atoms with Crippen LogP contribution in [0.4, 0.5) is 10.5 Å². The summed E-state index contributed by atoms with van der Waals surface area (Å²) < 4.78 is 21.5. The third-order valence-electron chi connectivity index (χ3n) is 9.08. The van der Waals surface area contributed by atoms with Crippen LogP contribution >= 0.6 is 0 Å². The molecule has 1 radical (unpaired) electrons. The fraction of sp³-hybridized carbons (Fsp3) is 0.562. The van der Waals surface area contributed by atoms with Crippen LogP contribution < -0.4 is 20.7 Å². The van der Waals surface area contributed by atoms with Gasteiger partial charge in [-0.1, -0.05) is 6.07 Å². The predicted octanol–water partition coefficient (Wildman–Crippen LogP) is -5.12. The van der Waals surface area contributed by atoms with Gasteiger partial charge in [0, 0.05) is 70.8 Å². The van der Waals surface area contributed by atoms with E-state index in [1.165, 1.54) is 18.2 Å². The number of amides is 6. The Morgan fingerprint density at radius 3 is 2.18 bits per heavy atom. The molecular formula is C32H41N6O17Y-. The van der Waals surface area contributed by atoms with Crippen molar-refractivity contribution >= 4 is 41.3 Å². The number of hydrogen-bond acceptors (Lipinski definition) is 17. The second-order valence-electron chi connectivity index (χ2n) is 12.8. The number of carbonyl (C=O) groups excluding carboxylic acids is 6. The molecule has 56 heavy (non-hydrogen) atoms. The summed E-state index contributed by atoms with van der Waals surface area (Å²) in [5.74, 6) is -3.16. The van der Waals surface area contributed by atoms with Gasteiger partial charge in [-0.25, -0.2) is 4.79 Å². The van der Waals surface area contributed by atoms with Crippen molar-refractivity contribution in [3.63, 3.8) is 0 Å². The number of carbonyl (C=O) groups is 6. The van der Waals surface area contributed by atoms with Crippen LogP contribution in [0.5, 0.6) is 5.75 Å². The molecule has 0 aromatic heterocycles. The van der Waals surface area contributed by atoms with Gasteiger partial charge in [-0.2, -0.15) is 0 Å². The van der Waals surface area contributed by atoms with E-state index in [-0.39, 0.29) is 75.6 Å². The van der Waals surface area contributed by atoms with Crippen molar-refractivity contribution < 1.29 is 116 Å². The molecule has 0 bridgehead atoms. The monoisotopic (exact) mass is 870 g/mol. The maximum absolute atomic E-state index is 12.9. The molecule has 4 heterocycles. The van der Waals surface area contributed by atoms with Crippen LogP contribution in [0.3, 0.4) is 0 Å². The summed E-state index contributed by atoms with van der Waals surface area (Å²) in [6, 6.07) is 2.68. The van der Waals surface area contributed by atoms with Gasteiger partial charge in [-0.05, 0) is 23.9 Å². The fourth-order valence-electron chi connectivity index (χ4n) is 6.03. The molecule has 3 saturated heterocycles. The number of aliphatic hydroxyl groups excluding tert-OH is 7. The molecular weight excluding hydrogens is 829 g/mol. The van der Waals surface area contributed by atoms with Gasteiger partial charge in [-0.3, -0.25) is 34.2 Å². The number of benzene rings is 1. The quantitative estimate of drug-likeness (QED) is 0.0582. The van der Waals surface area contributed by atoms with Gasteiger partial charge in [-0.15, -0.1) is 0 Å². The normalized spacial score (nSPS) is 31.1. The maximum Gasteiger partial charge on any atom is 0.409 e. The Bertz CT molecular complexity index is 1650. The Labute approximate surface area is 342 Å². The number of alkyl carbamates (subject to hydrolysis) is 1. The van der Waals surface area contributed by atoms with Gasteiger partial charge in [0.05, 0.1) is 31.0 Å². The van der Waals surface area contributed by atoms with Crippen molar-refractivity contribution in [3.05, 3.63) is 41.6 Å². The van der Waals surface area contributed by atoms with Gasteiger partial charge in [0.25, 0.3) is 17.7 Å². The van der Waals surface area contributed by atoms with Gasteiger partial charge in [0.2, 0.25) is 18.1 Å². The first-order valence-corrected chi connectivity index (χ1v) is 16.9. The number of anilines is 1. The zero-order valence-electron chi connectivity index (χ0n) is 29.4. The van der Waals surface area contributed by atoms with Crippen LogP contribution in [-0.2, 0) is 77.5 Å². The van der Waals surface area contributed by atoms with E-state index in [1.54, 1.807) is 0 Å². The smallest absolute Gasteiger partial charge is 0.409 e. The number of imide groups is 1. The molecule has 305 valence electrons. The SMILES string of the molecule is [NH-]C1OC(CO)C(N2C(=O)C2NC(=O)OCc2ccc(OC3OC(CO)C(O)C(O)C3O)c(NC(=O)CCNC(=O)CCN3C(=O)C=CC3=O)c2)C(O)C1O.[Y]. The summed E-state index contributed by atoms with van der Waals surface area (Å²) in [5.41, 5.74) is 7.82. The molecule has 24 heteroatoms. The molecule has 11 N–H and O–H groups in total. The first-order chi connectivity index (χ1) is 26.1. The number of rotatable bonds is 15. The molecule has 6 amide bonds. The van der Waals surface area contributed by atoms with Crippen molar-refractivity contribution in [1.29, 1.82) is 0 Å². The van der Waals surface area contributed by atoms with E-state index in [0.29, 0.717) is 0 Å². The molecule has 1 aromatic carbocycles. The molecule has 0 aliphatic carbocycles. The predicted molar refractivity (Wildman–Crippen MR) is 177 cm³/mol. The van der Waals surface area contributed by atoms with Crippen LogP contribution in [0.2, 0.25) is 0 Å². The van der Waals surface area contributed by atoms with E-state index in [0.717, 1.165) is 22.0 Å². The van der Waals surface area contributed by atoms with Crippen molar-refractivity contribution in [2.45, 2.75) is 86.9 Å². The van der Waals surface area contributed by atoms with Gasteiger partial charge in [0.1, 0.15) is 49.0 Å². The van der Waals surface area contributed by atoms with Gasteiger partial charge < -0.3 is 76.0 Å². The number of ether oxygens (including phenoxy) is 4. The van der Waals surface area contributed by atoms with Gasteiger partial charge >= 0.3 is 6.09 Å². The van der Waals surface area contributed by atoms with E-state index < -0.39 is 123 Å². The van der Waals surface area contributed by atoms with Crippen molar-refractivity contribution in [2.75, 3.05) is 31.6 Å². The third kappa shape index (κ3) is 10.4. The van der Waals surface area contributed by atoms with Crippen molar-refractivity contribution in [3.8, 4) is 5.75 Å². The Kier molecular flexibility index (Phi) is 15.8. The average Bonchev–Trinajstić information content (AvgIpc) is 3.65. The molecule has 0 spiro atoms. The topological polar surface area (TPSA) is 347 Å². The molecule has 0 saturated carbocycles. The first kappa shape index (κ1) is 45.0. The van der Waals surface area contributed by atoms with Crippen LogP contribution in [-0.4, -0.2) is 175 Å². The number of aliphatic hydroxyl groups is 7. The van der Waals surface area contributed by atoms with E-state index in [4.69, 9.17) is 24.7 Å². The Morgan fingerprint density at radius 2 is 1.52 bits per heavy atom. The molecule has 23 nitrogen and oxygen atoms in total. The second-order valence-corrected chi connectivity index (χ2v) is 12.8. The Balaban J connectivity index is 0.00000696. The minimum atomic E-state index is -1.81. The van der Waals surface area contributed by atoms with Gasteiger partial charge in [0.15, 0.2) is 6.17 Å². The van der Waals surface area contributed by atoms with Crippen LogP contribution in [0.25, 0.3) is 5.73 Å². The maximum atomic E-state index is 12.9. The van der Waals surface area contributed by atoms with E-state index in [9.17, 15) is 64.5 Å². The molecule has 11 unspecified atom stereocenters. The Morgan fingerprint density at radius 1 is 0.839 bits per heavy atom. The molecule has 1 aromatic rings. The number of nitrogens with zero attached hydrogens (tertiary/aromatic N) is 2. The summed E-state index contributed by atoms with van der Waals surface area (Å²) in [5, 5.41) is 77.7. The zero-order valence-corrected chi connectivity index (χ0v) is 32.2. The third-order valence-corrected chi connectivity index (χ3v) is 9.08. The molecule has 4 aliphatic heterocycles. The van der Waals surface area contributed by atoms with E-state index >= 15 is 0 Å². The summed E-state index contributed by atoms with van der Waals surface area (Å²) in [6.07, 6.45) is -15.1. The van der Waals surface area contributed by atoms with Crippen LogP contribution in [0.15, 0.2) is 30.4 Å². The summed E-state index contributed by atoms with van der Waals surface area (Å²) in [6.45, 7) is -2.23. The Hall–Kier alpha value is -3.72. The summed E-state index contributed by atoms with van der Waals surface area (Å²) in [4.78, 5) is 75.5. The molecule has 3 fully saturated rings.